The molecule has 1 aliphatic heterocycles. The highest BCUT2D eigenvalue weighted by molar-refractivity contribution is 7.89. The molecule has 1 unspecified atom stereocenters. The summed E-state index contributed by atoms with van der Waals surface area (Å²) < 4.78 is 38.3. The molecule has 0 saturated carbocycles. The Kier molecular flexibility index (Phi) is 9.07. The second-order valence-electron chi connectivity index (χ2n) is 8.56. The van der Waals surface area contributed by atoms with E-state index in [9.17, 15) is 13.2 Å². The minimum atomic E-state index is -3.75. The fourth-order valence-corrected chi connectivity index (χ4v) is 5.61. The monoisotopic (exact) mass is 489 g/mol. The van der Waals surface area contributed by atoms with Crippen LogP contribution in [0.1, 0.15) is 29.7 Å². The van der Waals surface area contributed by atoms with Gasteiger partial charge in [0.25, 0.3) is 0 Å². The van der Waals surface area contributed by atoms with Crippen LogP contribution in [0.5, 0.6) is 5.75 Å². The van der Waals surface area contributed by atoms with Gasteiger partial charge in [0.2, 0.25) is 15.9 Å². The van der Waals surface area contributed by atoms with Gasteiger partial charge in [-0.25, -0.2) is 8.42 Å². The Balaban J connectivity index is 1.70. The van der Waals surface area contributed by atoms with Crippen LogP contribution in [-0.4, -0.2) is 77.6 Å². The Hall–Kier alpha value is -2.46. The molecular weight excluding hydrogens is 454 g/mol. The van der Waals surface area contributed by atoms with E-state index >= 15 is 0 Å². The van der Waals surface area contributed by atoms with E-state index in [2.05, 4.69) is 41.4 Å². The van der Waals surface area contributed by atoms with Crippen molar-refractivity contribution in [3.63, 3.8) is 0 Å². The van der Waals surface area contributed by atoms with Gasteiger partial charge >= 0.3 is 0 Å². The number of hydrogen-bond donors (Lipinski definition) is 1. The molecule has 0 radical (unpaired) electrons. The smallest absolute Gasteiger partial charge is 0.246 e. The molecule has 1 aliphatic rings. The van der Waals surface area contributed by atoms with E-state index in [1.807, 2.05) is 14.1 Å². The SMILES string of the molecule is CCc1ccc(C(CNC(=O)Cc2ccc(OC)c(S(=O)(=O)N3CCOCC3)c2)N(C)C)cc1. The first kappa shape index (κ1) is 26.2. The van der Waals surface area contributed by atoms with Crippen LogP contribution in [0.15, 0.2) is 47.4 Å². The van der Waals surface area contributed by atoms with E-state index < -0.39 is 10.0 Å². The fraction of sp³-hybridized carbons (Fsp3) is 0.480. The maximum atomic E-state index is 13.2. The summed E-state index contributed by atoms with van der Waals surface area (Å²) in [5, 5.41) is 3.00. The lowest BCUT2D eigenvalue weighted by atomic mass is 10.0. The molecule has 0 bridgehead atoms. The molecule has 1 saturated heterocycles. The summed E-state index contributed by atoms with van der Waals surface area (Å²) in [6.07, 6.45) is 1.05. The average Bonchev–Trinajstić information content (AvgIpc) is 2.85. The van der Waals surface area contributed by atoms with Crippen LogP contribution in [0.2, 0.25) is 0 Å². The summed E-state index contributed by atoms with van der Waals surface area (Å²) in [4.78, 5) is 14.9. The highest BCUT2D eigenvalue weighted by Crippen LogP contribution is 2.28. The third-order valence-corrected chi connectivity index (χ3v) is 7.99. The molecule has 1 amide bonds. The van der Waals surface area contributed by atoms with Crippen molar-refractivity contribution in [2.75, 3.05) is 54.1 Å². The molecular formula is C25H35N3O5S. The first-order valence-electron chi connectivity index (χ1n) is 11.5. The Morgan fingerprint density at radius 2 is 1.76 bits per heavy atom. The number of methoxy groups -OCH3 is 1. The second kappa shape index (κ2) is 11.8. The molecule has 34 heavy (non-hydrogen) atoms. The van der Waals surface area contributed by atoms with Gasteiger partial charge in [-0.15, -0.1) is 0 Å². The number of carbonyl (C=O) groups is 1. The molecule has 0 aliphatic carbocycles. The Morgan fingerprint density at radius 1 is 1.12 bits per heavy atom. The second-order valence-corrected chi connectivity index (χ2v) is 10.5. The van der Waals surface area contributed by atoms with Gasteiger partial charge < -0.3 is 19.7 Å². The first-order chi connectivity index (χ1) is 16.3. The molecule has 1 fully saturated rings. The third-order valence-electron chi connectivity index (χ3n) is 6.07. The van der Waals surface area contributed by atoms with E-state index in [0.29, 0.717) is 38.4 Å². The Bertz CT molecular complexity index is 1060. The summed E-state index contributed by atoms with van der Waals surface area (Å²) >= 11 is 0. The Labute approximate surface area is 202 Å². The van der Waals surface area contributed by atoms with Crippen molar-refractivity contribution >= 4 is 15.9 Å². The molecule has 1 atom stereocenters. The van der Waals surface area contributed by atoms with Gasteiger partial charge in [-0.2, -0.15) is 4.31 Å². The molecule has 0 aromatic heterocycles. The number of carbonyl (C=O) groups excluding carboxylic acids is 1. The van der Waals surface area contributed by atoms with Crippen LogP contribution in [0.25, 0.3) is 0 Å². The number of benzene rings is 2. The van der Waals surface area contributed by atoms with Crippen LogP contribution in [0, 0.1) is 0 Å². The van der Waals surface area contributed by atoms with Gasteiger partial charge in [0.1, 0.15) is 10.6 Å². The van der Waals surface area contributed by atoms with E-state index in [1.54, 1.807) is 12.1 Å². The lowest BCUT2D eigenvalue weighted by molar-refractivity contribution is -0.120. The number of morpholine rings is 1. The average molecular weight is 490 g/mol. The van der Waals surface area contributed by atoms with Crippen molar-refractivity contribution < 1.29 is 22.7 Å². The van der Waals surface area contributed by atoms with Gasteiger partial charge in [-0.05, 0) is 49.3 Å². The van der Waals surface area contributed by atoms with Gasteiger partial charge in [0, 0.05) is 19.6 Å². The molecule has 3 rings (SSSR count). The van der Waals surface area contributed by atoms with E-state index in [4.69, 9.17) is 9.47 Å². The van der Waals surface area contributed by atoms with Crippen molar-refractivity contribution in [3.8, 4) is 5.75 Å². The number of likely N-dealkylation sites (N-methyl/N-ethyl adjacent to an activating group) is 1. The van der Waals surface area contributed by atoms with Crippen molar-refractivity contribution in [2.24, 2.45) is 0 Å². The van der Waals surface area contributed by atoms with Crippen LogP contribution < -0.4 is 10.1 Å². The first-order valence-corrected chi connectivity index (χ1v) is 13.0. The van der Waals surface area contributed by atoms with Crippen molar-refractivity contribution in [1.29, 1.82) is 0 Å². The summed E-state index contributed by atoms with van der Waals surface area (Å²) in [7, 11) is 1.65. The van der Waals surface area contributed by atoms with Gasteiger partial charge in [0.05, 0.1) is 32.8 Å². The van der Waals surface area contributed by atoms with Crippen LogP contribution in [0.4, 0.5) is 0 Å². The third kappa shape index (κ3) is 6.35. The van der Waals surface area contributed by atoms with E-state index in [-0.39, 0.29) is 29.0 Å². The zero-order valence-corrected chi connectivity index (χ0v) is 21.2. The minimum absolute atomic E-state index is 0.0305. The minimum Gasteiger partial charge on any atom is -0.495 e. The van der Waals surface area contributed by atoms with Gasteiger partial charge in [-0.1, -0.05) is 37.3 Å². The summed E-state index contributed by atoms with van der Waals surface area (Å²) in [6.45, 7) is 3.88. The number of nitrogens with zero attached hydrogens (tertiary/aromatic N) is 2. The zero-order valence-electron chi connectivity index (χ0n) is 20.4. The molecule has 0 spiro atoms. The number of sulfonamides is 1. The highest BCUT2D eigenvalue weighted by atomic mass is 32.2. The number of aryl methyl sites for hydroxylation is 1. The maximum absolute atomic E-state index is 13.2. The molecule has 9 heteroatoms. The zero-order chi connectivity index (χ0) is 24.7. The highest BCUT2D eigenvalue weighted by Gasteiger charge is 2.29. The largest absolute Gasteiger partial charge is 0.495 e. The lowest BCUT2D eigenvalue weighted by Gasteiger charge is -2.27. The lowest BCUT2D eigenvalue weighted by Crippen LogP contribution is -2.40. The maximum Gasteiger partial charge on any atom is 0.246 e. The summed E-state index contributed by atoms with van der Waals surface area (Å²) in [5.41, 5.74) is 3.01. The predicted octanol–water partition coefficient (Wildman–Crippen LogP) is 2.24. The fourth-order valence-electron chi connectivity index (χ4n) is 3.99. The number of amides is 1. The molecule has 1 heterocycles. The van der Waals surface area contributed by atoms with Gasteiger partial charge in [-0.3, -0.25) is 4.79 Å². The van der Waals surface area contributed by atoms with E-state index in [0.717, 1.165) is 12.0 Å². The molecule has 8 nitrogen and oxygen atoms in total. The number of nitrogens with one attached hydrogen (secondary N) is 1. The number of rotatable bonds is 10. The molecule has 2 aromatic rings. The van der Waals surface area contributed by atoms with E-state index in [1.165, 1.54) is 23.0 Å². The topological polar surface area (TPSA) is 88.2 Å². The summed E-state index contributed by atoms with van der Waals surface area (Å²) in [6, 6.07) is 13.3. The molecule has 1 N–H and O–H groups in total. The van der Waals surface area contributed by atoms with Crippen LogP contribution in [-0.2, 0) is 32.4 Å². The number of ether oxygens (including phenoxy) is 2. The quantitative estimate of drug-likeness (QED) is 0.551. The van der Waals surface area contributed by atoms with Crippen LogP contribution in [0.3, 0.4) is 0 Å². The van der Waals surface area contributed by atoms with Crippen LogP contribution >= 0.6 is 0 Å². The predicted molar refractivity (Wildman–Crippen MR) is 132 cm³/mol. The standard InChI is InChI=1S/C25H35N3O5S/c1-5-19-6-9-21(10-7-19)22(27(2)3)18-26-25(29)17-20-8-11-23(32-4)24(16-20)34(30,31)28-12-14-33-15-13-28/h6-11,16,22H,5,12-15,17-18H2,1-4H3,(H,26,29). The van der Waals surface area contributed by atoms with Crippen molar-refractivity contribution in [3.05, 3.63) is 59.2 Å². The van der Waals surface area contributed by atoms with Crippen molar-refractivity contribution in [2.45, 2.75) is 30.7 Å². The van der Waals surface area contributed by atoms with Crippen molar-refractivity contribution in [1.82, 2.24) is 14.5 Å². The Morgan fingerprint density at radius 3 is 2.35 bits per heavy atom. The summed E-state index contributed by atoms with van der Waals surface area (Å²) in [5.74, 6) is 0.0933. The number of hydrogen-bond acceptors (Lipinski definition) is 6. The van der Waals surface area contributed by atoms with Gasteiger partial charge in [0.15, 0.2) is 0 Å². The molecule has 2 aromatic carbocycles. The molecule has 186 valence electrons. The normalized spacial score (nSPS) is 15.8.